The maximum atomic E-state index is 10.2. The molecule has 0 saturated heterocycles. The van der Waals surface area contributed by atoms with E-state index >= 15 is 0 Å². The van der Waals surface area contributed by atoms with Gasteiger partial charge in [-0.25, -0.2) is 4.79 Å². The number of hydrogen-bond donors (Lipinski definition) is 2. The summed E-state index contributed by atoms with van der Waals surface area (Å²) in [6.07, 6.45) is 1.25. The highest BCUT2D eigenvalue weighted by Crippen LogP contribution is 1.87. The molecule has 10 heavy (non-hydrogen) atoms. The summed E-state index contributed by atoms with van der Waals surface area (Å²) in [6, 6.07) is 4.38. The van der Waals surface area contributed by atoms with E-state index in [1.54, 1.807) is 0 Å². The molecule has 0 aliphatic heterocycles. The summed E-state index contributed by atoms with van der Waals surface area (Å²) in [5, 5.41) is 17.2. The van der Waals surface area contributed by atoms with E-state index in [9.17, 15) is 4.79 Å². The number of rotatable bonds is 1. The van der Waals surface area contributed by atoms with Crippen LogP contribution < -0.4 is 4.73 Å². The molecule has 0 bridgehead atoms. The second kappa shape index (κ2) is 2.34. The SMILES string of the molecule is O=C(O)c1cccc[n+]1O. The summed E-state index contributed by atoms with van der Waals surface area (Å²) in [6.45, 7) is 0. The van der Waals surface area contributed by atoms with Crippen LogP contribution in [0.5, 0.6) is 0 Å². The second-order valence-electron chi connectivity index (χ2n) is 1.74. The maximum Gasteiger partial charge on any atom is 0.406 e. The molecule has 0 aliphatic carbocycles. The fourth-order valence-electron chi connectivity index (χ4n) is 0.604. The minimum Gasteiger partial charge on any atom is -0.473 e. The van der Waals surface area contributed by atoms with Gasteiger partial charge in [-0.3, -0.25) is 5.21 Å². The van der Waals surface area contributed by atoms with E-state index in [2.05, 4.69) is 0 Å². The molecule has 4 nitrogen and oxygen atoms in total. The molecule has 1 heterocycles. The van der Waals surface area contributed by atoms with Gasteiger partial charge in [0.25, 0.3) is 0 Å². The van der Waals surface area contributed by atoms with Gasteiger partial charge in [-0.2, -0.15) is 0 Å². The molecule has 0 atom stereocenters. The van der Waals surface area contributed by atoms with Crippen LogP contribution >= 0.6 is 0 Å². The fraction of sp³-hybridized carbons (Fsp3) is 0. The zero-order valence-corrected chi connectivity index (χ0v) is 5.06. The minimum absolute atomic E-state index is 0.150. The third-order valence-corrected chi connectivity index (χ3v) is 1.06. The van der Waals surface area contributed by atoms with Crippen LogP contribution in [0.1, 0.15) is 10.5 Å². The first kappa shape index (κ1) is 6.54. The molecule has 0 amide bonds. The van der Waals surface area contributed by atoms with Crippen molar-refractivity contribution in [2.24, 2.45) is 0 Å². The van der Waals surface area contributed by atoms with Crippen LogP contribution in [0.4, 0.5) is 0 Å². The number of hydrogen-bond acceptors (Lipinski definition) is 2. The number of carboxylic acid groups (broad SMARTS) is 1. The number of aromatic nitrogens is 1. The molecule has 0 unspecified atom stereocenters. The van der Waals surface area contributed by atoms with Crippen molar-refractivity contribution in [1.29, 1.82) is 0 Å². The van der Waals surface area contributed by atoms with E-state index in [1.165, 1.54) is 24.4 Å². The van der Waals surface area contributed by atoms with Gasteiger partial charge in [0, 0.05) is 16.9 Å². The first-order valence-electron chi connectivity index (χ1n) is 2.65. The standard InChI is InChI=1S/C6H5NO3/c8-6(9)5-3-1-2-4-7(5)10/h1-4H,(H-,8,9,10)/p+1. The molecule has 4 heteroatoms. The molecule has 0 saturated carbocycles. The van der Waals surface area contributed by atoms with Gasteiger partial charge in [0.15, 0.2) is 0 Å². The average molecular weight is 140 g/mol. The Labute approximate surface area is 56.9 Å². The lowest BCUT2D eigenvalue weighted by Gasteiger charge is -1.86. The van der Waals surface area contributed by atoms with Crippen molar-refractivity contribution in [2.45, 2.75) is 0 Å². The Balaban J connectivity index is 3.15. The van der Waals surface area contributed by atoms with Crippen LogP contribution in [0.15, 0.2) is 24.4 Å². The molecule has 0 aromatic carbocycles. The highest BCUT2D eigenvalue weighted by Gasteiger charge is 2.15. The quantitative estimate of drug-likeness (QED) is 0.423. The number of nitrogens with zero attached hydrogens (tertiary/aromatic N) is 1. The van der Waals surface area contributed by atoms with E-state index < -0.39 is 5.97 Å². The average Bonchev–Trinajstić information content (AvgIpc) is 1.88. The monoisotopic (exact) mass is 140 g/mol. The fourth-order valence-corrected chi connectivity index (χ4v) is 0.604. The summed E-state index contributed by atoms with van der Waals surface area (Å²) < 4.78 is 0.558. The zero-order valence-electron chi connectivity index (χ0n) is 5.06. The molecular formula is C6H6NO3+. The summed E-state index contributed by atoms with van der Waals surface area (Å²) in [5.74, 6) is -1.15. The molecule has 0 radical (unpaired) electrons. The van der Waals surface area contributed by atoms with Gasteiger partial charge in [0.2, 0.25) is 6.20 Å². The number of pyridine rings is 1. The number of carbonyl (C=O) groups is 1. The van der Waals surface area contributed by atoms with E-state index in [-0.39, 0.29) is 5.69 Å². The Bertz CT molecular complexity index is 259. The Kier molecular flexibility index (Phi) is 1.53. The van der Waals surface area contributed by atoms with Crippen LogP contribution in [0.25, 0.3) is 0 Å². The van der Waals surface area contributed by atoms with Crippen molar-refractivity contribution < 1.29 is 19.8 Å². The van der Waals surface area contributed by atoms with Crippen LogP contribution in [-0.2, 0) is 0 Å². The van der Waals surface area contributed by atoms with Crippen molar-refractivity contribution in [3.63, 3.8) is 0 Å². The number of carboxylic acids is 1. The van der Waals surface area contributed by atoms with Crippen LogP contribution in [0, 0.1) is 0 Å². The zero-order chi connectivity index (χ0) is 7.56. The van der Waals surface area contributed by atoms with Crippen molar-refractivity contribution >= 4 is 5.97 Å². The molecule has 0 aliphatic rings. The summed E-state index contributed by atoms with van der Waals surface area (Å²) in [4.78, 5) is 10.2. The summed E-state index contributed by atoms with van der Waals surface area (Å²) >= 11 is 0. The molecule has 0 spiro atoms. The van der Waals surface area contributed by atoms with Gasteiger partial charge in [0.1, 0.15) is 0 Å². The molecule has 1 aromatic heterocycles. The Morgan fingerprint density at radius 3 is 2.60 bits per heavy atom. The van der Waals surface area contributed by atoms with Gasteiger partial charge in [-0.15, -0.1) is 0 Å². The number of aromatic carboxylic acids is 1. The Hall–Kier alpha value is -1.58. The normalized spacial score (nSPS) is 9.20. The summed E-state index contributed by atoms with van der Waals surface area (Å²) in [7, 11) is 0. The van der Waals surface area contributed by atoms with Crippen LogP contribution in [0.2, 0.25) is 0 Å². The largest absolute Gasteiger partial charge is 0.473 e. The topological polar surface area (TPSA) is 61.4 Å². The third kappa shape index (κ3) is 1.05. The van der Waals surface area contributed by atoms with Crippen LogP contribution in [-0.4, -0.2) is 16.3 Å². The minimum atomic E-state index is -1.15. The third-order valence-electron chi connectivity index (χ3n) is 1.06. The van der Waals surface area contributed by atoms with Crippen molar-refractivity contribution in [3.05, 3.63) is 30.1 Å². The predicted octanol–water partition coefficient (Wildman–Crippen LogP) is -0.0904. The predicted molar refractivity (Wildman–Crippen MR) is 30.8 cm³/mol. The molecule has 0 fully saturated rings. The molecule has 1 rings (SSSR count). The lowest BCUT2D eigenvalue weighted by molar-refractivity contribution is -0.906. The van der Waals surface area contributed by atoms with Crippen LogP contribution in [0.3, 0.4) is 0 Å². The van der Waals surface area contributed by atoms with Crippen molar-refractivity contribution in [1.82, 2.24) is 0 Å². The smallest absolute Gasteiger partial charge is 0.406 e. The van der Waals surface area contributed by atoms with Crippen molar-refractivity contribution in [2.75, 3.05) is 0 Å². The molecule has 1 aromatic rings. The molecular weight excluding hydrogens is 134 g/mol. The Morgan fingerprint density at radius 2 is 2.20 bits per heavy atom. The molecule has 2 N–H and O–H groups in total. The van der Waals surface area contributed by atoms with Gasteiger partial charge >= 0.3 is 11.7 Å². The maximum absolute atomic E-state index is 10.2. The first-order chi connectivity index (χ1) is 4.72. The van der Waals surface area contributed by atoms with E-state index in [0.717, 1.165) is 0 Å². The van der Waals surface area contributed by atoms with E-state index in [0.29, 0.717) is 4.73 Å². The highest BCUT2D eigenvalue weighted by molar-refractivity contribution is 5.83. The highest BCUT2D eigenvalue weighted by atomic mass is 16.5. The van der Waals surface area contributed by atoms with E-state index in [1.807, 2.05) is 0 Å². The summed E-state index contributed by atoms with van der Waals surface area (Å²) in [5.41, 5.74) is -0.150. The van der Waals surface area contributed by atoms with E-state index in [4.69, 9.17) is 10.3 Å². The second-order valence-corrected chi connectivity index (χ2v) is 1.74. The first-order valence-corrected chi connectivity index (χ1v) is 2.65. The molecule has 52 valence electrons. The Morgan fingerprint density at radius 1 is 1.50 bits per heavy atom. The van der Waals surface area contributed by atoms with Gasteiger partial charge in [-0.05, 0) is 6.07 Å². The van der Waals surface area contributed by atoms with Crippen molar-refractivity contribution in [3.8, 4) is 0 Å². The van der Waals surface area contributed by atoms with Gasteiger partial charge in [0.05, 0.1) is 0 Å². The van der Waals surface area contributed by atoms with Gasteiger partial charge in [-0.1, -0.05) is 0 Å². The lowest BCUT2D eigenvalue weighted by atomic mass is 10.4. The van der Waals surface area contributed by atoms with Gasteiger partial charge < -0.3 is 5.11 Å². The lowest BCUT2D eigenvalue weighted by Crippen LogP contribution is -2.36.